The van der Waals surface area contributed by atoms with E-state index < -0.39 is 18.4 Å². The van der Waals surface area contributed by atoms with Gasteiger partial charge in [-0.05, 0) is 37.3 Å². The minimum atomic E-state index is -1.60. The van der Waals surface area contributed by atoms with Gasteiger partial charge in [0.15, 0.2) is 6.30 Å². The predicted octanol–water partition coefficient (Wildman–Crippen LogP) is 5.21. The molecule has 0 aromatic heterocycles. The largest absolute Gasteiger partial charge is 0.481 e. The highest BCUT2D eigenvalue weighted by Crippen LogP contribution is 2.29. The molecule has 1 aliphatic rings. The fourth-order valence-corrected chi connectivity index (χ4v) is 4.42. The van der Waals surface area contributed by atoms with Gasteiger partial charge in [0.05, 0.1) is 6.42 Å². The van der Waals surface area contributed by atoms with Crippen molar-refractivity contribution in [2.24, 2.45) is 0 Å². The smallest absolute Gasteiger partial charge is 0.304 e. The van der Waals surface area contributed by atoms with Crippen molar-refractivity contribution in [2.45, 2.75) is 63.7 Å². The van der Waals surface area contributed by atoms with E-state index in [-0.39, 0.29) is 24.9 Å². The fraction of sp³-hybridized carbons (Fsp3) is 0.480. The third kappa shape index (κ3) is 6.58. The number of carboxylic acid groups (broad SMARTS) is 1. The first kappa shape index (κ1) is 23.4. The Morgan fingerprint density at radius 1 is 1.13 bits per heavy atom. The van der Waals surface area contributed by atoms with E-state index in [0.717, 1.165) is 11.1 Å². The van der Waals surface area contributed by atoms with Crippen molar-refractivity contribution in [3.05, 3.63) is 71.8 Å². The number of likely N-dealkylation sites (tertiary alicyclic amines) is 1. The summed E-state index contributed by atoms with van der Waals surface area (Å²) in [5.41, 5.74) is 2.19. The average Bonchev–Trinajstić information content (AvgIpc) is 2.78. The van der Waals surface area contributed by atoms with Crippen LogP contribution in [0.2, 0.25) is 0 Å². The number of halogens is 2. The second-order valence-corrected chi connectivity index (χ2v) is 8.35. The monoisotopic (exact) mass is 430 g/mol. The normalized spacial score (nSPS) is 21.7. The molecule has 4 atom stereocenters. The van der Waals surface area contributed by atoms with E-state index in [0.29, 0.717) is 32.5 Å². The number of carboxylic acids is 1. The highest BCUT2D eigenvalue weighted by atomic mass is 19.2. The molecular formula is C25H32F2N2O2. The molecule has 4 nitrogen and oxygen atoms in total. The number of carbonyl (C=O) groups is 1. The van der Waals surface area contributed by atoms with Crippen LogP contribution in [-0.4, -0.2) is 52.5 Å². The maximum absolute atomic E-state index is 14.3. The molecule has 31 heavy (non-hydrogen) atoms. The van der Waals surface area contributed by atoms with Gasteiger partial charge < -0.3 is 5.11 Å². The van der Waals surface area contributed by atoms with Crippen LogP contribution in [0.25, 0.3) is 0 Å². The summed E-state index contributed by atoms with van der Waals surface area (Å²) in [4.78, 5) is 15.4. The Kier molecular flexibility index (Phi) is 8.55. The highest BCUT2D eigenvalue weighted by Gasteiger charge is 2.33. The molecule has 0 aliphatic carbocycles. The minimum absolute atomic E-state index is 0.0257. The maximum Gasteiger partial charge on any atom is 0.304 e. The quantitative estimate of drug-likeness (QED) is 0.526. The lowest BCUT2D eigenvalue weighted by atomic mass is 9.99. The number of benzene rings is 2. The molecular weight excluding hydrogens is 398 g/mol. The van der Waals surface area contributed by atoms with Crippen molar-refractivity contribution in [1.82, 2.24) is 9.80 Å². The van der Waals surface area contributed by atoms with E-state index >= 15 is 0 Å². The number of nitrogens with zero attached hydrogens (tertiary/aromatic N) is 2. The standard InChI is InChI=1S/C25H32F2N2O2/c1-19(21-11-6-3-7-12-21)29(18-20-9-4-2-5-10-20)22(17-24(30)31)14-16-28-15-8-13-23(26)25(28)27/h2-7,9-12,19,22-23,25H,8,13-18H2,1H3,(H,30,31)/t19-,22?,23?,25?/m0/s1. The summed E-state index contributed by atoms with van der Waals surface area (Å²) in [6, 6.07) is 19.6. The third-order valence-electron chi connectivity index (χ3n) is 6.19. The van der Waals surface area contributed by atoms with Crippen LogP contribution in [-0.2, 0) is 11.3 Å². The molecule has 168 valence electrons. The Morgan fingerprint density at radius 3 is 2.42 bits per heavy atom. The number of aliphatic carboxylic acids is 1. The van der Waals surface area contributed by atoms with Gasteiger partial charge in [-0.1, -0.05) is 60.7 Å². The van der Waals surface area contributed by atoms with Crippen LogP contribution in [0.15, 0.2) is 60.7 Å². The van der Waals surface area contributed by atoms with Gasteiger partial charge in [-0.15, -0.1) is 0 Å². The topological polar surface area (TPSA) is 43.8 Å². The van der Waals surface area contributed by atoms with Crippen LogP contribution < -0.4 is 0 Å². The second kappa shape index (κ2) is 11.3. The molecule has 2 aromatic carbocycles. The van der Waals surface area contributed by atoms with Gasteiger partial charge in [0.2, 0.25) is 0 Å². The first-order valence-electron chi connectivity index (χ1n) is 11.0. The van der Waals surface area contributed by atoms with E-state index in [1.54, 1.807) is 0 Å². The first-order chi connectivity index (χ1) is 15.0. The third-order valence-corrected chi connectivity index (χ3v) is 6.19. The Hall–Kier alpha value is -2.31. The van der Waals surface area contributed by atoms with Crippen molar-refractivity contribution in [2.75, 3.05) is 13.1 Å². The van der Waals surface area contributed by atoms with Crippen LogP contribution in [0.5, 0.6) is 0 Å². The summed E-state index contributed by atoms with van der Waals surface area (Å²) < 4.78 is 28.2. The molecule has 3 rings (SSSR count). The lowest BCUT2D eigenvalue weighted by Crippen LogP contribution is -2.46. The summed E-state index contributed by atoms with van der Waals surface area (Å²) in [6.45, 7) is 3.50. The SMILES string of the molecule is C[C@@H](c1ccccc1)N(Cc1ccccc1)C(CCN1CCCC(F)C1F)CC(=O)O. The van der Waals surface area contributed by atoms with Gasteiger partial charge >= 0.3 is 5.97 Å². The summed E-state index contributed by atoms with van der Waals surface area (Å²) in [5, 5.41) is 9.61. The van der Waals surface area contributed by atoms with Gasteiger partial charge in [0.1, 0.15) is 6.17 Å². The minimum Gasteiger partial charge on any atom is -0.481 e. The molecule has 0 spiro atoms. The lowest BCUT2D eigenvalue weighted by Gasteiger charge is -2.39. The summed E-state index contributed by atoms with van der Waals surface area (Å²) in [5.74, 6) is -0.887. The predicted molar refractivity (Wildman–Crippen MR) is 118 cm³/mol. The van der Waals surface area contributed by atoms with Gasteiger partial charge in [-0.2, -0.15) is 0 Å². The van der Waals surface area contributed by atoms with Crippen molar-refractivity contribution >= 4 is 5.97 Å². The van der Waals surface area contributed by atoms with Crippen LogP contribution in [0.4, 0.5) is 8.78 Å². The van der Waals surface area contributed by atoms with Crippen molar-refractivity contribution < 1.29 is 18.7 Å². The van der Waals surface area contributed by atoms with Crippen molar-refractivity contribution in [3.63, 3.8) is 0 Å². The molecule has 1 aliphatic heterocycles. The van der Waals surface area contributed by atoms with Gasteiger partial charge in [-0.3, -0.25) is 14.6 Å². The molecule has 0 bridgehead atoms. The number of rotatable bonds is 10. The van der Waals surface area contributed by atoms with Gasteiger partial charge in [-0.25, -0.2) is 8.78 Å². The Labute approximate surface area is 183 Å². The molecule has 6 heteroatoms. The van der Waals surface area contributed by atoms with Crippen LogP contribution in [0, 0.1) is 0 Å². The molecule has 0 amide bonds. The molecule has 1 saturated heterocycles. The van der Waals surface area contributed by atoms with Crippen LogP contribution >= 0.6 is 0 Å². The van der Waals surface area contributed by atoms with E-state index in [1.165, 1.54) is 4.90 Å². The molecule has 1 N–H and O–H groups in total. The highest BCUT2D eigenvalue weighted by molar-refractivity contribution is 5.67. The zero-order chi connectivity index (χ0) is 22.2. The Balaban J connectivity index is 1.82. The zero-order valence-corrected chi connectivity index (χ0v) is 18.0. The van der Waals surface area contributed by atoms with Crippen molar-refractivity contribution in [1.29, 1.82) is 0 Å². The van der Waals surface area contributed by atoms with E-state index in [1.807, 2.05) is 60.7 Å². The summed E-state index contributed by atoms with van der Waals surface area (Å²) in [6.07, 6.45) is -1.78. The fourth-order valence-electron chi connectivity index (χ4n) is 4.42. The van der Waals surface area contributed by atoms with Crippen LogP contribution in [0.1, 0.15) is 49.8 Å². The molecule has 1 fully saturated rings. The summed E-state index contributed by atoms with van der Waals surface area (Å²) in [7, 11) is 0. The van der Waals surface area contributed by atoms with E-state index in [9.17, 15) is 18.7 Å². The molecule has 0 radical (unpaired) electrons. The molecule has 1 heterocycles. The lowest BCUT2D eigenvalue weighted by molar-refractivity contribution is -0.139. The van der Waals surface area contributed by atoms with E-state index in [4.69, 9.17) is 0 Å². The number of hydrogen-bond donors (Lipinski definition) is 1. The number of hydrogen-bond acceptors (Lipinski definition) is 3. The molecule has 2 aromatic rings. The Bertz CT molecular complexity index is 806. The Morgan fingerprint density at radius 2 is 1.77 bits per heavy atom. The average molecular weight is 431 g/mol. The molecule has 0 saturated carbocycles. The number of alkyl halides is 2. The van der Waals surface area contributed by atoms with Gasteiger partial charge in [0.25, 0.3) is 0 Å². The van der Waals surface area contributed by atoms with Crippen LogP contribution in [0.3, 0.4) is 0 Å². The number of piperidine rings is 1. The first-order valence-corrected chi connectivity index (χ1v) is 11.0. The van der Waals surface area contributed by atoms with E-state index in [2.05, 4.69) is 11.8 Å². The van der Waals surface area contributed by atoms with Crippen molar-refractivity contribution in [3.8, 4) is 0 Å². The zero-order valence-electron chi connectivity index (χ0n) is 18.0. The summed E-state index contributed by atoms with van der Waals surface area (Å²) >= 11 is 0. The van der Waals surface area contributed by atoms with Gasteiger partial charge in [0, 0.05) is 31.7 Å². The maximum atomic E-state index is 14.3. The second-order valence-electron chi connectivity index (χ2n) is 8.35. The molecule has 3 unspecified atom stereocenters.